The lowest BCUT2D eigenvalue weighted by atomic mass is 10.1. The number of ether oxygens (including phenoxy) is 1. The first-order chi connectivity index (χ1) is 15.4. The number of aromatic nitrogens is 2. The van der Waals surface area contributed by atoms with Gasteiger partial charge in [-0.1, -0.05) is 29.8 Å². The molecule has 0 unspecified atom stereocenters. The molecule has 0 radical (unpaired) electrons. The van der Waals surface area contributed by atoms with E-state index in [4.69, 9.17) is 9.15 Å². The van der Waals surface area contributed by atoms with E-state index >= 15 is 0 Å². The highest BCUT2D eigenvalue weighted by Crippen LogP contribution is 2.25. The lowest BCUT2D eigenvalue weighted by Crippen LogP contribution is -2.16. The lowest BCUT2D eigenvalue weighted by Gasteiger charge is -2.10. The number of benzene rings is 2. The fourth-order valence-corrected chi connectivity index (χ4v) is 3.78. The molecule has 1 amide bonds. The van der Waals surface area contributed by atoms with Crippen LogP contribution in [0.2, 0.25) is 0 Å². The Kier molecular flexibility index (Phi) is 5.81. The van der Waals surface area contributed by atoms with Gasteiger partial charge in [0.15, 0.2) is 0 Å². The minimum Gasteiger partial charge on any atom is -0.494 e. The van der Waals surface area contributed by atoms with Crippen LogP contribution in [-0.2, 0) is 6.54 Å². The van der Waals surface area contributed by atoms with Crippen molar-refractivity contribution < 1.29 is 13.9 Å². The van der Waals surface area contributed by atoms with E-state index < -0.39 is 11.5 Å². The molecule has 4 rings (SSSR count). The molecular weight excluding hydrogens is 406 g/mol. The molecule has 164 valence electrons. The van der Waals surface area contributed by atoms with Gasteiger partial charge < -0.3 is 14.5 Å². The molecule has 2 aromatic carbocycles. The monoisotopic (exact) mass is 431 g/mol. The zero-order valence-electron chi connectivity index (χ0n) is 18.6. The minimum absolute atomic E-state index is 0.240. The highest BCUT2D eigenvalue weighted by molar-refractivity contribution is 6.12. The van der Waals surface area contributed by atoms with Gasteiger partial charge in [0.25, 0.3) is 5.91 Å². The second-order valence-corrected chi connectivity index (χ2v) is 7.72. The summed E-state index contributed by atoms with van der Waals surface area (Å²) in [5, 5.41) is 8.07. The fourth-order valence-electron chi connectivity index (χ4n) is 3.78. The van der Waals surface area contributed by atoms with E-state index in [0.29, 0.717) is 41.3 Å². The molecule has 7 heteroatoms. The summed E-state index contributed by atoms with van der Waals surface area (Å²) in [6, 6.07) is 14.5. The second-order valence-electron chi connectivity index (χ2n) is 7.72. The smallest absolute Gasteiger partial charge is 0.337 e. The van der Waals surface area contributed by atoms with E-state index in [2.05, 4.69) is 29.5 Å². The number of nitrogens with one attached hydrogen (secondary N) is 1. The van der Waals surface area contributed by atoms with Gasteiger partial charge >= 0.3 is 5.63 Å². The van der Waals surface area contributed by atoms with Crippen LogP contribution < -0.4 is 15.7 Å². The molecule has 0 saturated carbocycles. The topological polar surface area (TPSA) is 86.4 Å². The number of rotatable bonds is 6. The molecule has 0 spiro atoms. The van der Waals surface area contributed by atoms with E-state index in [1.165, 1.54) is 11.6 Å². The Labute approximate surface area is 185 Å². The number of anilines is 1. The van der Waals surface area contributed by atoms with Gasteiger partial charge in [0, 0.05) is 17.5 Å². The maximum atomic E-state index is 13.1. The third-order valence-electron chi connectivity index (χ3n) is 5.31. The number of carbonyl (C=O) groups excluding carboxylic acids is 1. The first-order valence-electron chi connectivity index (χ1n) is 10.5. The van der Waals surface area contributed by atoms with Crippen LogP contribution in [0.1, 0.15) is 39.8 Å². The normalized spacial score (nSPS) is 11.0. The number of fused-ring (bicyclic) bond motifs is 1. The molecule has 1 N–H and O–H groups in total. The van der Waals surface area contributed by atoms with Gasteiger partial charge in [0.1, 0.15) is 11.3 Å². The Bertz CT molecular complexity index is 1370. The second kappa shape index (κ2) is 8.70. The Morgan fingerprint density at radius 2 is 1.94 bits per heavy atom. The average molecular weight is 431 g/mol. The van der Waals surface area contributed by atoms with Crippen LogP contribution >= 0.6 is 0 Å². The quantitative estimate of drug-likeness (QED) is 0.451. The van der Waals surface area contributed by atoms with E-state index in [-0.39, 0.29) is 5.56 Å². The zero-order valence-corrected chi connectivity index (χ0v) is 18.6. The van der Waals surface area contributed by atoms with Crippen molar-refractivity contribution in [3.05, 3.63) is 87.0 Å². The number of hydrogen-bond donors (Lipinski definition) is 1. The molecule has 2 aromatic heterocycles. The largest absolute Gasteiger partial charge is 0.494 e. The van der Waals surface area contributed by atoms with Crippen LogP contribution in [0.25, 0.3) is 11.0 Å². The van der Waals surface area contributed by atoms with Gasteiger partial charge in [-0.05, 0) is 45.4 Å². The van der Waals surface area contributed by atoms with E-state index in [1.54, 1.807) is 18.2 Å². The summed E-state index contributed by atoms with van der Waals surface area (Å²) < 4.78 is 12.6. The SMILES string of the molecule is CCOc1ccc2c(C(=O)Nc3c(C)nn(Cc4cccc(C)c4)c3C)cc(=O)oc2c1. The van der Waals surface area contributed by atoms with Crippen LogP contribution in [-0.4, -0.2) is 22.3 Å². The number of aryl methyl sites for hydroxylation is 2. The minimum atomic E-state index is -0.597. The molecule has 0 aliphatic carbocycles. The lowest BCUT2D eigenvalue weighted by molar-refractivity contribution is 0.102. The molecule has 0 fully saturated rings. The predicted octanol–water partition coefficient (Wildman–Crippen LogP) is 4.61. The number of carbonyl (C=O) groups is 1. The van der Waals surface area contributed by atoms with E-state index in [9.17, 15) is 9.59 Å². The van der Waals surface area contributed by atoms with Gasteiger partial charge in [0.2, 0.25) is 0 Å². The predicted molar refractivity (Wildman–Crippen MR) is 124 cm³/mol. The molecule has 0 aliphatic heterocycles. The van der Waals surface area contributed by atoms with Crippen molar-refractivity contribution in [2.24, 2.45) is 0 Å². The van der Waals surface area contributed by atoms with Crippen LogP contribution in [0.15, 0.2) is 57.7 Å². The van der Waals surface area contributed by atoms with Gasteiger partial charge in [-0.3, -0.25) is 9.48 Å². The average Bonchev–Trinajstić information content (AvgIpc) is 3.00. The maximum Gasteiger partial charge on any atom is 0.337 e. The molecular formula is C25H25N3O4. The number of nitrogens with zero attached hydrogens (tertiary/aromatic N) is 2. The van der Waals surface area contributed by atoms with Crippen molar-refractivity contribution in [1.82, 2.24) is 9.78 Å². The summed E-state index contributed by atoms with van der Waals surface area (Å²) >= 11 is 0. The van der Waals surface area contributed by atoms with Crippen molar-refractivity contribution in [2.45, 2.75) is 34.2 Å². The molecule has 0 saturated heterocycles. The van der Waals surface area contributed by atoms with Gasteiger partial charge in [-0.25, -0.2) is 4.79 Å². The Hall–Kier alpha value is -3.87. The zero-order chi connectivity index (χ0) is 22.8. The molecule has 0 aliphatic rings. The molecule has 4 aromatic rings. The molecule has 0 bridgehead atoms. The van der Waals surface area contributed by atoms with Gasteiger partial charge in [-0.2, -0.15) is 5.10 Å². The van der Waals surface area contributed by atoms with Crippen LogP contribution in [0.3, 0.4) is 0 Å². The van der Waals surface area contributed by atoms with E-state index in [1.807, 2.05) is 37.6 Å². The maximum absolute atomic E-state index is 13.1. The van der Waals surface area contributed by atoms with Gasteiger partial charge in [-0.15, -0.1) is 0 Å². The summed E-state index contributed by atoms with van der Waals surface area (Å²) in [5.74, 6) is 0.179. The number of amides is 1. The standard InChI is InChI=1S/C25H25N3O4/c1-5-31-19-9-10-20-21(13-23(29)32-22(20)12-19)25(30)26-24-16(3)27-28(17(24)4)14-18-8-6-7-15(2)11-18/h6-13H,5,14H2,1-4H3,(H,26,30). The Balaban J connectivity index is 1.65. The first-order valence-corrected chi connectivity index (χ1v) is 10.5. The number of hydrogen-bond acceptors (Lipinski definition) is 5. The first kappa shape index (κ1) is 21.4. The van der Waals surface area contributed by atoms with Crippen molar-refractivity contribution >= 4 is 22.6 Å². The summed E-state index contributed by atoms with van der Waals surface area (Å²) in [5.41, 5.74) is 4.43. The Morgan fingerprint density at radius 1 is 1.12 bits per heavy atom. The van der Waals surface area contributed by atoms with Crippen molar-refractivity contribution in [2.75, 3.05) is 11.9 Å². The third kappa shape index (κ3) is 4.27. The Morgan fingerprint density at radius 3 is 2.69 bits per heavy atom. The molecule has 32 heavy (non-hydrogen) atoms. The van der Waals surface area contributed by atoms with Crippen LogP contribution in [0.4, 0.5) is 5.69 Å². The summed E-state index contributed by atoms with van der Waals surface area (Å²) in [4.78, 5) is 25.2. The third-order valence-corrected chi connectivity index (χ3v) is 5.31. The molecule has 2 heterocycles. The highest BCUT2D eigenvalue weighted by atomic mass is 16.5. The van der Waals surface area contributed by atoms with Crippen LogP contribution in [0.5, 0.6) is 5.75 Å². The molecule has 7 nitrogen and oxygen atoms in total. The summed E-state index contributed by atoms with van der Waals surface area (Å²) in [7, 11) is 0. The summed E-state index contributed by atoms with van der Waals surface area (Å²) in [6.45, 7) is 8.77. The highest BCUT2D eigenvalue weighted by Gasteiger charge is 2.19. The molecule has 0 atom stereocenters. The van der Waals surface area contributed by atoms with Crippen molar-refractivity contribution in [1.29, 1.82) is 0 Å². The van der Waals surface area contributed by atoms with Crippen LogP contribution in [0, 0.1) is 20.8 Å². The summed E-state index contributed by atoms with van der Waals surface area (Å²) in [6.07, 6.45) is 0. The fraction of sp³-hybridized carbons (Fsp3) is 0.240. The van der Waals surface area contributed by atoms with Crippen molar-refractivity contribution in [3.8, 4) is 5.75 Å². The van der Waals surface area contributed by atoms with Gasteiger partial charge in [0.05, 0.1) is 35.8 Å². The van der Waals surface area contributed by atoms with E-state index in [0.717, 1.165) is 11.3 Å². The van der Waals surface area contributed by atoms with Crippen molar-refractivity contribution in [3.63, 3.8) is 0 Å².